The van der Waals surface area contributed by atoms with E-state index < -0.39 is 5.91 Å². The van der Waals surface area contributed by atoms with Crippen LogP contribution in [-0.4, -0.2) is 16.0 Å². The highest BCUT2D eigenvalue weighted by Crippen LogP contribution is 2.34. The Balaban J connectivity index is 1.56. The Morgan fingerprint density at radius 2 is 2.04 bits per heavy atom. The fraction of sp³-hybridized carbons (Fsp3) is 0.0556. The average Bonchev–Trinajstić information content (AvgIpc) is 3.23. The normalized spacial score (nSPS) is 12.3. The van der Waals surface area contributed by atoms with Crippen LogP contribution >= 0.6 is 11.6 Å². The summed E-state index contributed by atoms with van der Waals surface area (Å²) in [5, 5.41) is 13.2. The highest BCUT2D eigenvalue weighted by atomic mass is 35.5. The number of anilines is 3. The molecule has 0 fully saturated rings. The van der Waals surface area contributed by atoms with Gasteiger partial charge in [0.05, 0.1) is 27.8 Å². The molecule has 130 valence electrons. The van der Waals surface area contributed by atoms with Crippen molar-refractivity contribution < 1.29 is 9.32 Å². The van der Waals surface area contributed by atoms with E-state index in [9.17, 15) is 4.79 Å². The van der Waals surface area contributed by atoms with Crippen molar-refractivity contribution in [1.82, 2.24) is 10.1 Å². The molecule has 1 aromatic carbocycles. The van der Waals surface area contributed by atoms with Crippen LogP contribution in [0.2, 0.25) is 5.02 Å². The fourth-order valence-corrected chi connectivity index (χ4v) is 2.76. The van der Waals surface area contributed by atoms with Crippen LogP contribution < -0.4 is 16.0 Å². The molecule has 3 heterocycles. The Bertz CT molecular complexity index is 1040. The lowest BCUT2D eigenvalue weighted by atomic mass is 10.1. The van der Waals surface area contributed by atoms with E-state index in [4.69, 9.17) is 16.1 Å². The minimum Gasteiger partial charge on any atom is -0.355 e. The molecule has 0 bridgehead atoms. The van der Waals surface area contributed by atoms with Crippen LogP contribution in [0.3, 0.4) is 0 Å². The number of hydrogen-bond acceptors (Lipinski definition) is 6. The number of pyridine rings is 1. The molecule has 3 N–H and O–H groups in total. The standard InChI is InChI=1S/C18H14ClN5O2/c1-9-14(6-12(19)8-20-9)23-18(25)16-7-17(26-24-16)11-3-4-13-15(5-11)22-10(2)21-13/h3-8,21-22H,2H2,1H3,(H,23,25). The molecule has 0 radical (unpaired) electrons. The third-order valence-electron chi connectivity index (χ3n) is 3.92. The van der Waals surface area contributed by atoms with Crippen LogP contribution in [0, 0.1) is 6.92 Å². The molecular formula is C18H14ClN5O2. The number of carbonyl (C=O) groups excluding carboxylic acids is 1. The van der Waals surface area contributed by atoms with Crippen molar-refractivity contribution in [1.29, 1.82) is 0 Å². The Kier molecular flexibility index (Phi) is 3.85. The summed E-state index contributed by atoms with van der Waals surface area (Å²) in [5.74, 6) is 0.792. The van der Waals surface area contributed by atoms with Crippen molar-refractivity contribution in [3.8, 4) is 11.3 Å². The van der Waals surface area contributed by atoms with E-state index >= 15 is 0 Å². The van der Waals surface area contributed by atoms with E-state index in [1.54, 1.807) is 19.1 Å². The number of halogens is 1. The van der Waals surface area contributed by atoms with Crippen molar-refractivity contribution in [2.45, 2.75) is 6.92 Å². The van der Waals surface area contributed by atoms with Gasteiger partial charge in [0.2, 0.25) is 0 Å². The van der Waals surface area contributed by atoms with Gasteiger partial charge in [0.1, 0.15) is 5.82 Å². The molecule has 3 aromatic rings. The summed E-state index contributed by atoms with van der Waals surface area (Å²) >= 11 is 5.92. The summed E-state index contributed by atoms with van der Waals surface area (Å²) in [5.41, 5.74) is 3.95. The van der Waals surface area contributed by atoms with Gasteiger partial charge in [-0.05, 0) is 31.2 Å². The Hall–Kier alpha value is -3.32. The average molecular weight is 368 g/mol. The highest BCUT2D eigenvalue weighted by molar-refractivity contribution is 6.30. The van der Waals surface area contributed by atoms with Gasteiger partial charge in [-0.1, -0.05) is 23.3 Å². The molecule has 26 heavy (non-hydrogen) atoms. The van der Waals surface area contributed by atoms with E-state index in [2.05, 4.69) is 32.7 Å². The van der Waals surface area contributed by atoms with Gasteiger partial charge in [-0.3, -0.25) is 9.78 Å². The van der Waals surface area contributed by atoms with Crippen molar-refractivity contribution in [2.24, 2.45) is 0 Å². The van der Waals surface area contributed by atoms with Crippen LogP contribution in [0.1, 0.15) is 16.2 Å². The lowest BCUT2D eigenvalue weighted by Crippen LogP contribution is -2.13. The second-order valence-electron chi connectivity index (χ2n) is 5.81. The number of nitrogens with one attached hydrogen (secondary N) is 3. The predicted octanol–water partition coefficient (Wildman–Crippen LogP) is 4.26. The van der Waals surface area contributed by atoms with Gasteiger partial charge >= 0.3 is 0 Å². The highest BCUT2D eigenvalue weighted by Gasteiger charge is 2.18. The maximum atomic E-state index is 12.4. The molecule has 1 amide bonds. The lowest BCUT2D eigenvalue weighted by Gasteiger charge is -2.05. The van der Waals surface area contributed by atoms with Crippen LogP contribution in [0.15, 0.2) is 53.5 Å². The zero-order valence-corrected chi connectivity index (χ0v) is 14.5. The number of hydrogen-bond donors (Lipinski definition) is 3. The quantitative estimate of drug-likeness (QED) is 0.640. The van der Waals surface area contributed by atoms with Gasteiger partial charge in [0, 0.05) is 17.8 Å². The molecule has 0 atom stereocenters. The van der Waals surface area contributed by atoms with Crippen LogP contribution in [0.5, 0.6) is 0 Å². The third-order valence-corrected chi connectivity index (χ3v) is 4.13. The van der Waals surface area contributed by atoms with Gasteiger partial charge < -0.3 is 20.5 Å². The van der Waals surface area contributed by atoms with E-state index in [0.29, 0.717) is 28.0 Å². The minimum atomic E-state index is -0.401. The number of carbonyl (C=O) groups is 1. The largest absolute Gasteiger partial charge is 0.355 e. The zero-order chi connectivity index (χ0) is 18.3. The van der Waals surface area contributed by atoms with Crippen molar-refractivity contribution in [3.05, 3.63) is 65.3 Å². The first-order valence-corrected chi connectivity index (χ1v) is 8.15. The molecule has 8 heteroatoms. The number of rotatable bonds is 3. The fourth-order valence-electron chi connectivity index (χ4n) is 2.61. The molecule has 0 saturated carbocycles. The van der Waals surface area contributed by atoms with Gasteiger partial charge in [-0.25, -0.2) is 0 Å². The zero-order valence-electron chi connectivity index (χ0n) is 13.8. The SMILES string of the molecule is C=C1Nc2ccc(-c3cc(C(=O)Nc4cc(Cl)cnc4C)no3)cc2N1. The Morgan fingerprint density at radius 1 is 1.23 bits per heavy atom. The number of nitrogens with zero attached hydrogens (tertiary/aromatic N) is 2. The van der Waals surface area contributed by atoms with Crippen LogP contribution in [-0.2, 0) is 0 Å². The van der Waals surface area contributed by atoms with Gasteiger partial charge in [-0.2, -0.15) is 0 Å². The first kappa shape index (κ1) is 16.2. The summed E-state index contributed by atoms with van der Waals surface area (Å²) in [7, 11) is 0. The van der Waals surface area contributed by atoms with E-state index in [1.165, 1.54) is 6.20 Å². The predicted molar refractivity (Wildman–Crippen MR) is 100 cm³/mol. The second kappa shape index (κ2) is 6.20. The summed E-state index contributed by atoms with van der Waals surface area (Å²) in [6.45, 7) is 5.60. The maximum absolute atomic E-state index is 12.4. The second-order valence-corrected chi connectivity index (χ2v) is 6.24. The van der Waals surface area contributed by atoms with Crippen LogP contribution in [0.25, 0.3) is 11.3 Å². The van der Waals surface area contributed by atoms with Gasteiger partial charge in [0.15, 0.2) is 11.5 Å². The van der Waals surface area contributed by atoms with E-state index in [-0.39, 0.29) is 5.69 Å². The van der Waals surface area contributed by atoms with E-state index in [1.807, 2.05) is 18.2 Å². The van der Waals surface area contributed by atoms with Crippen molar-refractivity contribution in [2.75, 3.05) is 16.0 Å². The molecule has 1 aliphatic rings. The molecule has 0 aliphatic carbocycles. The Morgan fingerprint density at radius 3 is 2.88 bits per heavy atom. The molecule has 4 rings (SSSR count). The number of aromatic nitrogens is 2. The molecule has 0 unspecified atom stereocenters. The number of aryl methyl sites for hydroxylation is 1. The molecule has 7 nitrogen and oxygen atoms in total. The third kappa shape index (κ3) is 3.00. The summed E-state index contributed by atoms with van der Waals surface area (Å²) in [6, 6.07) is 8.89. The topological polar surface area (TPSA) is 92.1 Å². The number of fused-ring (bicyclic) bond motifs is 1. The molecule has 0 saturated heterocycles. The van der Waals surface area contributed by atoms with E-state index in [0.717, 1.165) is 16.9 Å². The number of benzene rings is 1. The lowest BCUT2D eigenvalue weighted by molar-refractivity contribution is 0.101. The smallest absolute Gasteiger partial charge is 0.277 e. The molecule has 2 aromatic heterocycles. The molecular weight excluding hydrogens is 354 g/mol. The van der Waals surface area contributed by atoms with Crippen molar-refractivity contribution in [3.63, 3.8) is 0 Å². The number of amides is 1. The molecule has 1 aliphatic heterocycles. The molecule has 0 spiro atoms. The van der Waals surface area contributed by atoms with Gasteiger partial charge in [0.25, 0.3) is 5.91 Å². The minimum absolute atomic E-state index is 0.162. The first-order valence-electron chi connectivity index (χ1n) is 7.77. The van der Waals surface area contributed by atoms with Crippen molar-refractivity contribution >= 4 is 34.6 Å². The summed E-state index contributed by atoms with van der Waals surface area (Å²) in [6.07, 6.45) is 1.52. The maximum Gasteiger partial charge on any atom is 0.277 e. The monoisotopic (exact) mass is 367 g/mol. The van der Waals surface area contributed by atoms with Gasteiger partial charge in [-0.15, -0.1) is 0 Å². The van der Waals surface area contributed by atoms with Crippen LogP contribution in [0.4, 0.5) is 17.1 Å². The summed E-state index contributed by atoms with van der Waals surface area (Å²) in [4.78, 5) is 16.5. The summed E-state index contributed by atoms with van der Waals surface area (Å²) < 4.78 is 5.33. The Labute approximate surface area is 154 Å². The first-order chi connectivity index (χ1) is 12.5.